The van der Waals surface area contributed by atoms with Crippen LogP contribution < -0.4 is 0 Å². The molecule has 1 aromatic rings. The Morgan fingerprint density at radius 1 is 1.10 bits per heavy atom. The molecular formula is C19H29NO. The maximum Gasteiger partial charge on any atom is 0.130 e. The molecule has 2 nitrogen and oxygen atoms in total. The van der Waals surface area contributed by atoms with E-state index in [9.17, 15) is 0 Å². The number of piperidine rings is 1. The quantitative estimate of drug-likeness (QED) is 0.717. The summed E-state index contributed by atoms with van der Waals surface area (Å²) in [4.78, 5) is 6.56. The minimum Gasteiger partial charge on any atom is -0.283 e. The highest BCUT2D eigenvalue weighted by Gasteiger charge is 2.45. The normalized spacial score (nSPS) is 24.2. The molecule has 2 rings (SSSR count). The molecule has 1 unspecified atom stereocenters. The van der Waals surface area contributed by atoms with Gasteiger partial charge in [-0.1, -0.05) is 43.0 Å². The largest absolute Gasteiger partial charge is 0.283 e. The molecule has 0 saturated carbocycles. The average Bonchev–Trinajstić information content (AvgIpc) is 2.43. The highest BCUT2D eigenvalue weighted by molar-refractivity contribution is 5.26. The van der Waals surface area contributed by atoms with Crippen molar-refractivity contribution < 1.29 is 4.84 Å². The summed E-state index contributed by atoms with van der Waals surface area (Å²) < 4.78 is 0. The Hall–Kier alpha value is -1.12. The van der Waals surface area contributed by atoms with E-state index in [1.165, 1.54) is 6.42 Å². The second-order valence-corrected chi connectivity index (χ2v) is 7.54. The predicted molar refractivity (Wildman–Crippen MR) is 88.9 cm³/mol. The molecular weight excluding hydrogens is 258 g/mol. The fourth-order valence-corrected chi connectivity index (χ4v) is 3.39. The number of rotatable bonds is 4. The molecule has 1 heterocycles. The highest BCUT2D eigenvalue weighted by Crippen LogP contribution is 2.42. The molecule has 116 valence electrons. The maximum absolute atomic E-state index is 6.56. The molecule has 0 spiro atoms. The van der Waals surface area contributed by atoms with Gasteiger partial charge in [-0.15, -0.1) is 0 Å². The standard InChI is InChI=1S/C19H29NO/c1-7-19(6,16-12-9-8-10-13-16)21-20-17(2,3)14-11-15-18(20,4)5/h7-10,12-13H,1,11,14-15H2,2-6H3. The molecule has 0 N–H and O–H groups in total. The van der Waals surface area contributed by atoms with Gasteiger partial charge in [0.25, 0.3) is 0 Å². The van der Waals surface area contributed by atoms with Crippen molar-refractivity contribution in [2.45, 2.75) is 70.6 Å². The number of hydroxylamine groups is 2. The summed E-state index contributed by atoms with van der Waals surface area (Å²) in [5.41, 5.74) is 0.687. The molecule has 0 bridgehead atoms. The third-order valence-corrected chi connectivity index (χ3v) is 4.69. The van der Waals surface area contributed by atoms with Gasteiger partial charge in [-0.05, 0) is 59.4 Å². The van der Waals surface area contributed by atoms with Crippen LogP contribution in [0.2, 0.25) is 0 Å². The molecule has 1 aliphatic rings. The zero-order valence-electron chi connectivity index (χ0n) is 14.1. The van der Waals surface area contributed by atoms with Crippen LogP contribution in [0.25, 0.3) is 0 Å². The Labute approximate surface area is 129 Å². The van der Waals surface area contributed by atoms with Gasteiger partial charge in [0.05, 0.1) is 0 Å². The maximum atomic E-state index is 6.56. The van der Waals surface area contributed by atoms with Crippen LogP contribution in [-0.2, 0) is 10.4 Å². The molecule has 1 saturated heterocycles. The van der Waals surface area contributed by atoms with Crippen LogP contribution in [0.4, 0.5) is 0 Å². The van der Waals surface area contributed by atoms with E-state index in [1.54, 1.807) is 0 Å². The van der Waals surface area contributed by atoms with Crippen molar-refractivity contribution in [2.24, 2.45) is 0 Å². The summed E-state index contributed by atoms with van der Waals surface area (Å²) in [6.07, 6.45) is 5.45. The molecule has 1 atom stereocenters. The van der Waals surface area contributed by atoms with Gasteiger partial charge < -0.3 is 0 Å². The van der Waals surface area contributed by atoms with E-state index in [0.717, 1.165) is 18.4 Å². The summed E-state index contributed by atoms with van der Waals surface area (Å²) in [5.74, 6) is 0. The van der Waals surface area contributed by atoms with Crippen molar-refractivity contribution in [3.8, 4) is 0 Å². The van der Waals surface area contributed by atoms with Gasteiger partial charge in [-0.2, -0.15) is 5.06 Å². The SMILES string of the molecule is C=CC(C)(ON1C(C)(C)CCCC1(C)C)c1ccccc1. The Morgan fingerprint density at radius 3 is 2.10 bits per heavy atom. The van der Waals surface area contributed by atoms with E-state index in [2.05, 4.69) is 58.4 Å². The summed E-state index contributed by atoms with van der Waals surface area (Å²) in [7, 11) is 0. The Kier molecular flexibility index (Phi) is 4.32. The van der Waals surface area contributed by atoms with Gasteiger partial charge in [0.1, 0.15) is 5.60 Å². The summed E-state index contributed by atoms with van der Waals surface area (Å²) in [6, 6.07) is 10.3. The highest BCUT2D eigenvalue weighted by atomic mass is 16.7. The lowest BCUT2D eigenvalue weighted by molar-refractivity contribution is -0.325. The molecule has 0 aromatic heterocycles. The monoisotopic (exact) mass is 287 g/mol. The average molecular weight is 287 g/mol. The minimum absolute atomic E-state index is 0.0286. The van der Waals surface area contributed by atoms with Gasteiger partial charge in [0, 0.05) is 11.1 Å². The lowest BCUT2D eigenvalue weighted by atomic mass is 9.82. The van der Waals surface area contributed by atoms with Crippen LogP contribution in [-0.4, -0.2) is 16.1 Å². The van der Waals surface area contributed by atoms with Crippen molar-refractivity contribution in [1.29, 1.82) is 0 Å². The van der Waals surface area contributed by atoms with Gasteiger partial charge in [0.2, 0.25) is 0 Å². The Balaban J connectivity index is 2.34. The first-order valence-corrected chi connectivity index (χ1v) is 7.90. The van der Waals surface area contributed by atoms with Crippen molar-refractivity contribution in [2.75, 3.05) is 0 Å². The van der Waals surface area contributed by atoms with Crippen molar-refractivity contribution in [1.82, 2.24) is 5.06 Å². The third-order valence-electron chi connectivity index (χ3n) is 4.69. The molecule has 1 aliphatic heterocycles. The van der Waals surface area contributed by atoms with Crippen LogP contribution in [0.3, 0.4) is 0 Å². The van der Waals surface area contributed by atoms with Gasteiger partial charge in [0.15, 0.2) is 0 Å². The fourth-order valence-electron chi connectivity index (χ4n) is 3.39. The first-order chi connectivity index (χ1) is 9.71. The molecule has 1 aromatic carbocycles. The second kappa shape index (κ2) is 5.58. The first kappa shape index (κ1) is 16.3. The summed E-state index contributed by atoms with van der Waals surface area (Å²) in [6.45, 7) is 15.2. The van der Waals surface area contributed by atoms with Gasteiger partial charge in [-0.3, -0.25) is 4.84 Å². The molecule has 2 heteroatoms. The van der Waals surface area contributed by atoms with E-state index in [4.69, 9.17) is 4.84 Å². The van der Waals surface area contributed by atoms with E-state index in [1.807, 2.05) is 24.3 Å². The smallest absolute Gasteiger partial charge is 0.130 e. The van der Waals surface area contributed by atoms with Crippen molar-refractivity contribution in [3.63, 3.8) is 0 Å². The van der Waals surface area contributed by atoms with Crippen LogP contribution >= 0.6 is 0 Å². The number of nitrogens with zero attached hydrogens (tertiary/aromatic N) is 1. The molecule has 0 aliphatic carbocycles. The molecule has 1 fully saturated rings. The number of hydrogen-bond donors (Lipinski definition) is 0. The molecule has 0 radical (unpaired) electrons. The van der Waals surface area contributed by atoms with Crippen LogP contribution in [0, 0.1) is 0 Å². The lowest BCUT2D eigenvalue weighted by Crippen LogP contribution is -2.60. The Bertz CT molecular complexity index is 476. The lowest BCUT2D eigenvalue weighted by Gasteiger charge is -2.53. The van der Waals surface area contributed by atoms with Crippen LogP contribution in [0.15, 0.2) is 43.0 Å². The molecule has 0 amide bonds. The third kappa shape index (κ3) is 3.22. The zero-order chi connectivity index (χ0) is 15.7. The Morgan fingerprint density at radius 2 is 1.62 bits per heavy atom. The van der Waals surface area contributed by atoms with Gasteiger partial charge in [-0.25, -0.2) is 0 Å². The first-order valence-electron chi connectivity index (χ1n) is 7.90. The van der Waals surface area contributed by atoms with E-state index < -0.39 is 5.60 Å². The topological polar surface area (TPSA) is 12.5 Å². The number of hydrogen-bond acceptors (Lipinski definition) is 2. The van der Waals surface area contributed by atoms with E-state index in [-0.39, 0.29) is 11.1 Å². The van der Waals surface area contributed by atoms with E-state index >= 15 is 0 Å². The minimum atomic E-state index is -0.507. The van der Waals surface area contributed by atoms with Crippen LogP contribution in [0.5, 0.6) is 0 Å². The van der Waals surface area contributed by atoms with Crippen molar-refractivity contribution in [3.05, 3.63) is 48.6 Å². The van der Waals surface area contributed by atoms with Crippen molar-refractivity contribution >= 4 is 0 Å². The molecule has 21 heavy (non-hydrogen) atoms. The van der Waals surface area contributed by atoms with Gasteiger partial charge >= 0.3 is 0 Å². The van der Waals surface area contributed by atoms with Crippen LogP contribution in [0.1, 0.15) is 59.4 Å². The second-order valence-electron chi connectivity index (χ2n) is 7.54. The van der Waals surface area contributed by atoms with E-state index in [0.29, 0.717) is 0 Å². The number of benzene rings is 1. The summed E-state index contributed by atoms with van der Waals surface area (Å²) >= 11 is 0. The predicted octanol–water partition coefficient (Wildman–Crippen LogP) is 5.06. The zero-order valence-corrected chi connectivity index (χ0v) is 14.1. The summed E-state index contributed by atoms with van der Waals surface area (Å²) in [5, 5.41) is 2.21. The fraction of sp³-hybridized carbons (Fsp3) is 0.579.